The highest BCUT2D eigenvalue weighted by atomic mass is 16.5. The lowest BCUT2D eigenvalue weighted by Gasteiger charge is -2.18. The van der Waals surface area contributed by atoms with E-state index in [0.29, 0.717) is 24.4 Å². The third-order valence-electron chi connectivity index (χ3n) is 2.86. The van der Waals surface area contributed by atoms with Crippen LogP contribution in [0.4, 0.5) is 0 Å². The van der Waals surface area contributed by atoms with Gasteiger partial charge in [0.2, 0.25) is 5.88 Å². The molecule has 0 spiro atoms. The van der Waals surface area contributed by atoms with E-state index in [2.05, 4.69) is 16.0 Å². The molecule has 5 nitrogen and oxygen atoms in total. The lowest BCUT2D eigenvalue weighted by molar-refractivity contribution is 0.188. The minimum atomic E-state index is -0.255. The van der Waals surface area contributed by atoms with Gasteiger partial charge in [0.25, 0.3) is 0 Å². The standard InChI is InChI=1S/C15H16N4O/c1-11-4-5-12(9-17)15(19-11)20-14(6-7-16)13-3-2-8-18-10-13/h2-5,8,10,14H,6-7,16H2,1H3. The summed E-state index contributed by atoms with van der Waals surface area (Å²) in [4.78, 5) is 8.37. The van der Waals surface area contributed by atoms with Gasteiger partial charge in [0, 0.05) is 30.1 Å². The molecule has 0 radical (unpaired) electrons. The Balaban J connectivity index is 2.29. The van der Waals surface area contributed by atoms with Crippen LogP contribution in [0.5, 0.6) is 5.88 Å². The molecule has 0 aliphatic rings. The van der Waals surface area contributed by atoms with Crippen molar-refractivity contribution in [2.45, 2.75) is 19.4 Å². The molecule has 0 amide bonds. The fourth-order valence-corrected chi connectivity index (χ4v) is 1.85. The lowest BCUT2D eigenvalue weighted by atomic mass is 10.1. The highest BCUT2D eigenvalue weighted by Gasteiger charge is 2.16. The minimum Gasteiger partial charge on any atom is -0.468 e. The third kappa shape index (κ3) is 3.31. The maximum absolute atomic E-state index is 9.12. The summed E-state index contributed by atoms with van der Waals surface area (Å²) in [6.45, 7) is 2.34. The average Bonchev–Trinajstić information content (AvgIpc) is 2.48. The zero-order chi connectivity index (χ0) is 14.4. The van der Waals surface area contributed by atoms with Gasteiger partial charge >= 0.3 is 0 Å². The van der Waals surface area contributed by atoms with E-state index in [-0.39, 0.29) is 6.10 Å². The van der Waals surface area contributed by atoms with E-state index in [1.54, 1.807) is 24.5 Å². The Morgan fingerprint density at radius 2 is 2.25 bits per heavy atom. The van der Waals surface area contributed by atoms with E-state index in [9.17, 15) is 0 Å². The summed E-state index contributed by atoms with van der Waals surface area (Å²) in [5.41, 5.74) is 7.78. The quantitative estimate of drug-likeness (QED) is 0.897. The minimum absolute atomic E-state index is 0.255. The van der Waals surface area contributed by atoms with Crippen molar-refractivity contribution < 1.29 is 4.74 Å². The number of pyridine rings is 2. The normalized spacial score (nSPS) is 11.7. The number of hydrogen-bond acceptors (Lipinski definition) is 5. The van der Waals surface area contributed by atoms with Crippen LogP contribution in [0.25, 0.3) is 0 Å². The first-order chi connectivity index (χ1) is 9.74. The molecule has 20 heavy (non-hydrogen) atoms. The SMILES string of the molecule is Cc1ccc(C#N)c(OC(CCN)c2cccnc2)n1. The van der Waals surface area contributed by atoms with Crippen LogP contribution in [0.3, 0.4) is 0 Å². The van der Waals surface area contributed by atoms with Crippen LogP contribution in [0.1, 0.15) is 29.3 Å². The van der Waals surface area contributed by atoms with Crippen molar-refractivity contribution in [3.8, 4) is 11.9 Å². The van der Waals surface area contributed by atoms with Crippen LogP contribution in [-0.2, 0) is 0 Å². The van der Waals surface area contributed by atoms with Gasteiger partial charge in [-0.1, -0.05) is 6.07 Å². The van der Waals surface area contributed by atoms with Gasteiger partial charge < -0.3 is 10.5 Å². The summed E-state index contributed by atoms with van der Waals surface area (Å²) in [6, 6.07) is 9.35. The molecule has 0 aliphatic carbocycles. The summed E-state index contributed by atoms with van der Waals surface area (Å²) in [5.74, 6) is 0.342. The van der Waals surface area contributed by atoms with E-state index in [0.717, 1.165) is 11.3 Å². The molecule has 2 aromatic rings. The molecule has 1 unspecified atom stereocenters. The molecular formula is C15H16N4O. The summed E-state index contributed by atoms with van der Waals surface area (Å²) >= 11 is 0. The second kappa shape index (κ2) is 6.64. The Bertz CT molecular complexity index is 607. The molecule has 0 saturated carbocycles. The molecule has 1 atom stereocenters. The van der Waals surface area contributed by atoms with Crippen molar-refractivity contribution in [3.05, 3.63) is 53.5 Å². The largest absolute Gasteiger partial charge is 0.468 e. The predicted octanol–water partition coefficient (Wildman–Crippen LogP) is 2.13. The Hall–Kier alpha value is -2.45. The Morgan fingerprint density at radius 3 is 2.90 bits per heavy atom. The molecule has 0 fully saturated rings. The van der Waals surface area contributed by atoms with Crippen molar-refractivity contribution in [2.75, 3.05) is 6.54 Å². The van der Waals surface area contributed by atoms with Gasteiger partial charge in [-0.15, -0.1) is 0 Å². The Labute approximate surface area is 118 Å². The fraction of sp³-hybridized carbons (Fsp3) is 0.267. The molecule has 0 aliphatic heterocycles. The van der Waals surface area contributed by atoms with Crippen molar-refractivity contribution in [1.29, 1.82) is 5.26 Å². The summed E-state index contributed by atoms with van der Waals surface area (Å²) in [5, 5.41) is 9.12. The Kier molecular flexibility index (Phi) is 4.64. The van der Waals surface area contributed by atoms with Crippen LogP contribution in [0.2, 0.25) is 0 Å². The fourth-order valence-electron chi connectivity index (χ4n) is 1.85. The summed E-state index contributed by atoms with van der Waals surface area (Å²) < 4.78 is 5.89. The topological polar surface area (TPSA) is 84.8 Å². The van der Waals surface area contributed by atoms with E-state index in [1.807, 2.05) is 19.1 Å². The van der Waals surface area contributed by atoms with Gasteiger partial charge in [-0.25, -0.2) is 4.98 Å². The average molecular weight is 268 g/mol. The van der Waals surface area contributed by atoms with Crippen molar-refractivity contribution >= 4 is 0 Å². The molecule has 0 saturated heterocycles. The number of aromatic nitrogens is 2. The van der Waals surface area contributed by atoms with Crippen LogP contribution < -0.4 is 10.5 Å². The highest BCUT2D eigenvalue weighted by molar-refractivity contribution is 5.39. The smallest absolute Gasteiger partial charge is 0.232 e. The molecule has 2 rings (SSSR count). The van der Waals surface area contributed by atoms with E-state index >= 15 is 0 Å². The van der Waals surface area contributed by atoms with Gasteiger partial charge in [0.05, 0.1) is 0 Å². The van der Waals surface area contributed by atoms with Gasteiger partial charge in [-0.05, 0) is 31.7 Å². The number of nitriles is 1. The first-order valence-electron chi connectivity index (χ1n) is 6.39. The molecule has 0 aromatic carbocycles. The number of aryl methyl sites for hydroxylation is 1. The Morgan fingerprint density at radius 1 is 1.40 bits per heavy atom. The molecule has 2 heterocycles. The number of hydrogen-bond donors (Lipinski definition) is 1. The lowest BCUT2D eigenvalue weighted by Crippen LogP contribution is -2.14. The third-order valence-corrected chi connectivity index (χ3v) is 2.86. The van der Waals surface area contributed by atoms with Crippen LogP contribution in [0, 0.1) is 18.3 Å². The number of nitrogens with zero attached hydrogens (tertiary/aromatic N) is 3. The van der Waals surface area contributed by atoms with Gasteiger partial charge in [0.1, 0.15) is 17.7 Å². The van der Waals surface area contributed by atoms with Crippen LogP contribution in [-0.4, -0.2) is 16.5 Å². The van der Waals surface area contributed by atoms with Crippen molar-refractivity contribution in [2.24, 2.45) is 5.73 Å². The molecule has 0 bridgehead atoms. The van der Waals surface area contributed by atoms with Crippen molar-refractivity contribution in [3.63, 3.8) is 0 Å². The molecular weight excluding hydrogens is 252 g/mol. The first-order valence-corrected chi connectivity index (χ1v) is 6.39. The van der Waals surface area contributed by atoms with E-state index in [4.69, 9.17) is 15.7 Å². The second-order valence-electron chi connectivity index (χ2n) is 4.39. The zero-order valence-corrected chi connectivity index (χ0v) is 11.3. The highest BCUT2D eigenvalue weighted by Crippen LogP contribution is 2.25. The predicted molar refractivity (Wildman–Crippen MR) is 75.0 cm³/mol. The van der Waals surface area contributed by atoms with Crippen molar-refractivity contribution in [1.82, 2.24) is 9.97 Å². The summed E-state index contributed by atoms with van der Waals surface area (Å²) in [6.07, 6.45) is 3.82. The van der Waals surface area contributed by atoms with Gasteiger partial charge in [0.15, 0.2) is 0 Å². The number of nitrogens with two attached hydrogens (primary N) is 1. The maximum Gasteiger partial charge on any atom is 0.232 e. The molecule has 5 heteroatoms. The van der Waals surface area contributed by atoms with E-state index in [1.165, 1.54) is 0 Å². The van der Waals surface area contributed by atoms with Crippen LogP contribution in [0.15, 0.2) is 36.7 Å². The zero-order valence-electron chi connectivity index (χ0n) is 11.3. The monoisotopic (exact) mass is 268 g/mol. The van der Waals surface area contributed by atoms with Gasteiger partial charge in [-0.3, -0.25) is 4.98 Å². The van der Waals surface area contributed by atoms with Gasteiger partial charge in [-0.2, -0.15) is 5.26 Å². The maximum atomic E-state index is 9.12. The summed E-state index contributed by atoms with van der Waals surface area (Å²) in [7, 11) is 0. The molecule has 102 valence electrons. The van der Waals surface area contributed by atoms with Crippen LogP contribution >= 0.6 is 0 Å². The number of ether oxygens (including phenoxy) is 1. The van der Waals surface area contributed by atoms with E-state index < -0.39 is 0 Å². The molecule has 2 N–H and O–H groups in total. The first kappa shape index (κ1) is 14.0. The second-order valence-corrected chi connectivity index (χ2v) is 4.39. The molecule has 2 aromatic heterocycles. The number of rotatable bonds is 5.